The molecule has 0 fully saturated rings. The van der Waals surface area contributed by atoms with Crippen molar-refractivity contribution >= 4 is 21.8 Å². The van der Waals surface area contributed by atoms with Crippen molar-refractivity contribution in [2.24, 2.45) is 5.92 Å². The monoisotopic (exact) mass is 538 g/mol. The number of halogens is 3. The summed E-state index contributed by atoms with van der Waals surface area (Å²) in [6.07, 6.45) is -1.61. The summed E-state index contributed by atoms with van der Waals surface area (Å²) in [6.45, 7) is 1.88. The average Bonchev–Trinajstić information content (AvgIpc) is 3.31. The molecule has 1 aliphatic rings. The van der Waals surface area contributed by atoms with Crippen molar-refractivity contribution in [2.45, 2.75) is 61.0 Å². The first kappa shape index (κ1) is 28.4. The second-order valence-corrected chi connectivity index (χ2v) is 11.2. The lowest BCUT2D eigenvalue weighted by Gasteiger charge is -2.36. The van der Waals surface area contributed by atoms with Crippen LogP contribution in [0.1, 0.15) is 54.9 Å². The molecule has 0 N–H and O–H groups in total. The molecule has 1 aliphatic carbocycles. The third-order valence-electron chi connectivity index (χ3n) is 6.48. The lowest BCUT2D eigenvalue weighted by molar-refractivity contribution is -0.141. The van der Waals surface area contributed by atoms with Gasteiger partial charge in [0.1, 0.15) is 10.9 Å². The molecule has 2 aromatic carbocycles. The molecule has 0 heterocycles. The summed E-state index contributed by atoms with van der Waals surface area (Å²) in [5.41, 5.74) is -1.35. The number of methoxy groups -OCH3 is 1. The molecule has 0 bridgehead atoms. The second-order valence-electron chi connectivity index (χ2n) is 8.99. The maximum atomic E-state index is 14.1. The number of hydrogen-bond acceptors (Lipinski definition) is 6. The van der Waals surface area contributed by atoms with Gasteiger partial charge in [-0.1, -0.05) is 49.8 Å². The van der Waals surface area contributed by atoms with Crippen LogP contribution < -0.4 is 0 Å². The molecule has 37 heavy (non-hydrogen) atoms. The number of unbranched alkanes of at least 4 members (excludes halogenated alkanes) is 1. The number of ether oxygens (including phenoxy) is 2. The van der Waals surface area contributed by atoms with E-state index in [1.165, 1.54) is 31.4 Å². The van der Waals surface area contributed by atoms with Crippen LogP contribution in [0.5, 0.6) is 0 Å². The minimum atomic E-state index is -4.66. The van der Waals surface area contributed by atoms with Gasteiger partial charge in [-0.25, -0.2) is 13.2 Å². The van der Waals surface area contributed by atoms with Crippen molar-refractivity contribution in [3.05, 3.63) is 77.9 Å². The molecule has 0 saturated heterocycles. The smallest absolute Gasteiger partial charge is 0.416 e. The predicted octanol–water partition coefficient (Wildman–Crippen LogP) is 5.77. The van der Waals surface area contributed by atoms with E-state index < -0.39 is 50.3 Å². The zero-order chi connectivity index (χ0) is 27.3. The highest BCUT2D eigenvalue weighted by Gasteiger charge is 2.54. The van der Waals surface area contributed by atoms with Gasteiger partial charge in [0.2, 0.25) is 0 Å². The fourth-order valence-electron chi connectivity index (χ4n) is 4.52. The standard InChI is InChI=1S/C27H29F3O6S/c1-3-4-13-23(36-25(32)20-9-8-10-21(17-20)27(28,29)30)26(15-14-19(18-26)16-24(31)35-2)37(33,34)22-11-6-5-7-12-22/h5-12,14-15,17,19,23H,3-4,13,16,18H2,1-2H3/t19-,23-,26-/m0/s1. The molecule has 0 amide bonds. The summed E-state index contributed by atoms with van der Waals surface area (Å²) in [7, 11) is -2.93. The zero-order valence-electron chi connectivity index (χ0n) is 20.5. The largest absolute Gasteiger partial charge is 0.469 e. The van der Waals surface area contributed by atoms with Crippen LogP contribution in [0, 0.1) is 5.92 Å². The van der Waals surface area contributed by atoms with Gasteiger partial charge in [0, 0.05) is 0 Å². The molecule has 0 saturated carbocycles. The normalized spacial score (nSPS) is 20.4. The Balaban J connectivity index is 2.05. The Kier molecular flexibility index (Phi) is 8.84. The number of alkyl halides is 3. The van der Waals surface area contributed by atoms with E-state index in [1.54, 1.807) is 24.3 Å². The first-order valence-corrected chi connectivity index (χ1v) is 13.4. The van der Waals surface area contributed by atoms with Crippen molar-refractivity contribution < 1.29 is 40.7 Å². The van der Waals surface area contributed by atoms with Crippen molar-refractivity contribution in [3.63, 3.8) is 0 Å². The van der Waals surface area contributed by atoms with Gasteiger partial charge in [0.15, 0.2) is 9.84 Å². The zero-order valence-corrected chi connectivity index (χ0v) is 21.3. The summed E-state index contributed by atoms with van der Waals surface area (Å²) in [5.74, 6) is -2.07. The van der Waals surface area contributed by atoms with E-state index in [0.29, 0.717) is 18.9 Å². The molecule has 0 unspecified atom stereocenters. The number of esters is 2. The van der Waals surface area contributed by atoms with Gasteiger partial charge >= 0.3 is 18.1 Å². The highest BCUT2D eigenvalue weighted by atomic mass is 32.2. The number of carbonyl (C=O) groups excluding carboxylic acids is 2. The fraction of sp³-hybridized carbons (Fsp3) is 0.407. The van der Waals surface area contributed by atoms with Crippen LogP contribution in [0.15, 0.2) is 71.6 Å². The highest BCUT2D eigenvalue weighted by Crippen LogP contribution is 2.45. The van der Waals surface area contributed by atoms with E-state index in [4.69, 9.17) is 9.47 Å². The van der Waals surface area contributed by atoms with E-state index in [2.05, 4.69) is 0 Å². The topological polar surface area (TPSA) is 86.7 Å². The molecule has 3 atom stereocenters. The van der Waals surface area contributed by atoms with Gasteiger partial charge in [-0.3, -0.25) is 4.79 Å². The number of sulfone groups is 1. The van der Waals surface area contributed by atoms with E-state index in [1.807, 2.05) is 6.92 Å². The summed E-state index contributed by atoms with van der Waals surface area (Å²) >= 11 is 0. The Morgan fingerprint density at radius 2 is 1.81 bits per heavy atom. The maximum Gasteiger partial charge on any atom is 0.416 e. The van der Waals surface area contributed by atoms with Crippen molar-refractivity contribution in [3.8, 4) is 0 Å². The molecule has 0 spiro atoms. The third kappa shape index (κ3) is 6.23. The Labute approximate surface area is 214 Å². The van der Waals surface area contributed by atoms with Gasteiger partial charge in [-0.2, -0.15) is 13.2 Å². The summed E-state index contributed by atoms with van der Waals surface area (Å²) < 4.78 is 76.5. The average molecular weight is 539 g/mol. The first-order chi connectivity index (χ1) is 17.4. The van der Waals surface area contributed by atoms with Crippen LogP contribution in [0.25, 0.3) is 0 Å². The Morgan fingerprint density at radius 1 is 1.11 bits per heavy atom. The predicted molar refractivity (Wildman–Crippen MR) is 130 cm³/mol. The minimum absolute atomic E-state index is 0.00924. The van der Waals surface area contributed by atoms with Crippen LogP contribution in [0.3, 0.4) is 0 Å². The van der Waals surface area contributed by atoms with E-state index in [0.717, 1.165) is 12.1 Å². The van der Waals surface area contributed by atoms with Crippen LogP contribution in [-0.4, -0.2) is 38.3 Å². The number of rotatable bonds is 10. The summed E-state index contributed by atoms with van der Waals surface area (Å²) in [4.78, 5) is 25.0. The van der Waals surface area contributed by atoms with Gasteiger partial charge in [0.25, 0.3) is 0 Å². The molecule has 0 radical (unpaired) electrons. The first-order valence-electron chi connectivity index (χ1n) is 11.9. The van der Waals surface area contributed by atoms with Gasteiger partial charge in [-0.15, -0.1) is 0 Å². The lowest BCUT2D eigenvalue weighted by Crippen LogP contribution is -2.49. The molecule has 6 nitrogen and oxygen atoms in total. The minimum Gasteiger partial charge on any atom is -0.469 e. The van der Waals surface area contributed by atoms with Gasteiger partial charge in [0.05, 0.1) is 29.6 Å². The number of carbonyl (C=O) groups is 2. The Hall–Kier alpha value is -3.14. The van der Waals surface area contributed by atoms with Crippen molar-refractivity contribution in [1.82, 2.24) is 0 Å². The van der Waals surface area contributed by atoms with Crippen LogP contribution in [0.4, 0.5) is 13.2 Å². The van der Waals surface area contributed by atoms with Crippen LogP contribution >= 0.6 is 0 Å². The van der Waals surface area contributed by atoms with E-state index in [9.17, 15) is 31.2 Å². The van der Waals surface area contributed by atoms with Gasteiger partial charge < -0.3 is 9.47 Å². The molecule has 3 rings (SSSR count). The molecule has 10 heteroatoms. The quantitative estimate of drug-likeness (QED) is 0.282. The van der Waals surface area contributed by atoms with Crippen molar-refractivity contribution in [2.75, 3.05) is 7.11 Å². The number of hydrogen-bond donors (Lipinski definition) is 0. The molecular weight excluding hydrogens is 509 g/mol. The number of benzene rings is 2. The van der Waals surface area contributed by atoms with Gasteiger partial charge in [-0.05, 0) is 55.5 Å². The molecule has 0 aromatic heterocycles. The fourth-order valence-corrected chi connectivity index (χ4v) is 6.68. The molecule has 0 aliphatic heterocycles. The Morgan fingerprint density at radius 3 is 2.43 bits per heavy atom. The number of allylic oxidation sites excluding steroid dienone is 1. The summed E-state index contributed by atoms with van der Waals surface area (Å²) in [5, 5.41) is 0. The van der Waals surface area contributed by atoms with Crippen LogP contribution in [0.2, 0.25) is 0 Å². The van der Waals surface area contributed by atoms with E-state index >= 15 is 0 Å². The second kappa shape index (κ2) is 11.5. The molecular formula is C27H29F3O6S. The van der Waals surface area contributed by atoms with Crippen molar-refractivity contribution in [1.29, 1.82) is 0 Å². The highest BCUT2D eigenvalue weighted by molar-refractivity contribution is 7.93. The SMILES string of the molecule is CCCC[C@H](OC(=O)c1cccc(C(F)(F)F)c1)[C@]1(S(=O)(=O)c2ccccc2)C=C[C@@H](CC(=O)OC)C1. The van der Waals surface area contributed by atoms with E-state index in [-0.39, 0.29) is 29.7 Å². The molecule has 200 valence electrons. The Bertz CT molecular complexity index is 1240. The van der Waals surface area contributed by atoms with Crippen LogP contribution in [-0.2, 0) is 30.3 Å². The lowest BCUT2D eigenvalue weighted by atomic mass is 9.92. The third-order valence-corrected chi connectivity index (χ3v) is 8.94. The molecule has 2 aromatic rings. The summed E-state index contributed by atoms with van der Waals surface area (Å²) in [6, 6.07) is 11.5. The maximum absolute atomic E-state index is 14.1.